The van der Waals surface area contributed by atoms with Crippen molar-refractivity contribution in [3.63, 3.8) is 0 Å². The molecular formula is C15H20N4O4S. The number of hydrogen-bond donors (Lipinski definition) is 4. The molecule has 2 saturated heterocycles. The first-order valence-electron chi connectivity index (χ1n) is 7.88. The first kappa shape index (κ1) is 17.2. The van der Waals surface area contributed by atoms with E-state index in [1.165, 1.54) is 16.7 Å². The fraction of sp³-hybridized carbons (Fsp3) is 0.667. The van der Waals surface area contributed by atoms with Crippen LogP contribution in [-0.4, -0.2) is 63.0 Å². The molecule has 5 N–H and O–H groups in total. The van der Waals surface area contributed by atoms with Gasteiger partial charge in [-0.3, -0.25) is 4.79 Å². The van der Waals surface area contributed by atoms with Gasteiger partial charge in [0.2, 0.25) is 5.91 Å². The number of aliphatic hydroxyl groups is 1. The van der Waals surface area contributed by atoms with Crippen LogP contribution in [0.1, 0.15) is 19.8 Å². The topological polar surface area (TPSA) is 140 Å². The van der Waals surface area contributed by atoms with Crippen LogP contribution in [0.2, 0.25) is 0 Å². The van der Waals surface area contributed by atoms with E-state index in [4.69, 9.17) is 11.0 Å². The maximum atomic E-state index is 12.2. The van der Waals surface area contributed by atoms with E-state index in [-0.39, 0.29) is 28.9 Å². The zero-order chi connectivity index (χ0) is 17.6. The standard InChI is InChI=1S/C15H20N4O4S/c1-6(20)12-10-3-11(13(15(22)23)19(10)14(12)21)24-7-2-9(18-5-7)8(17)4-16/h6-10,12,18,20H,2-3,5,17H2,1H3,(H,22,23)/t6-,7+,8?,9+,10-,12-/m1/s1. The van der Waals surface area contributed by atoms with Crippen LogP contribution >= 0.6 is 11.8 Å². The largest absolute Gasteiger partial charge is 0.477 e. The summed E-state index contributed by atoms with van der Waals surface area (Å²) in [5.74, 6) is -1.97. The summed E-state index contributed by atoms with van der Waals surface area (Å²) >= 11 is 1.44. The maximum Gasteiger partial charge on any atom is 0.353 e. The van der Waals surface area contributed by atoms with E-state index in [9.17, 15) is 19.8 Å². The Labute approximate surface area is 143 Å². The highest BCUT2D eigenvalue weighted by atomic mass is 32.2. The van der Waals surface area contributed by atoms with Crippen LogP contribution in [0.5, 0.6) is 0 Å². The molecule has 0 aromatic carbocycles. The predicted molar refractivity (Wildman–Crippen MR) is 86.5 cm³/mol. The molecule has 0 bridgehead atoms. The number of nitrogens with two attached hydrogens (primary N) is 1. The normalized spacial score (nSPS) is 34.6. The molecule has 3 heterocycles. The van der Waals surface area contributed by atoms with Gasteiger partial charge in [-0.25, -0.2) is 4.79 Å². The summed E-state index contributed by atoms with van der Waals surface area (Å²) in [5, 5.41) is 31.4. The summed E-state index contributed by atoms with van der Waals surface area (Å²) in [6.45, 7) is 2.19. The van der Waals surface area contributed by atoms with E-state index in [1.54, 1.807) is 6.92 Å². The van der Waals surface area contributed by atoms with Gasteiger partial charge < -0.3 is 26.2 Å². The van der Waals surface area contributed by atoms with Crippen molar-refractivity contribution in [1.82, 2.24) is 10.2 Å². The van der Waals surface area contributed by atoms with Crippen molar-refractivity contribution in [1.29, 1.82) is 5.26 Å². The summed E-state index contributed by atoms with van der Waals surface area (Å²) in [7, 11) is 0. The monoisotopic (exact) mass is 352 g/mol. The van der Waals surface area contributed by atoms with Gasteiger partial charge in [0.1, 0.15) is 11.7 Å². The van der Waals surface area contributed by atoms with E-state index in [0.717, 1.165) is 0 Å². The van der Waals surface area contributed by atoms with Gasteiger partial charge in [-0.2, -0.15) is 5.26 Å². The number of nitrogens with zero attached hydrogens (tertiary/aromatic N) is 2. The molecule has 24 heavy (non-hydrogen) atoms. The third kappa shape index (κ3) is 2.69. The molecule has 3 aliphatic heterocycles. The molecule has 9 heteroatoms. The van der Waals surface area contributed by atoms with Gasteiger partial charge in [-0.1, -0.05) is 0 Å². The Kier molecular flexibility index (Phi) is 4.57. The Morgan fingerprint density at radius 3 is 2.88 bits per heavy atom. The van der Waals surface area contributed by atoms with Crippen LogP contribution in [0.4, 0.5) is 0 Å². The Morgan fingerprint density at radius 2 is 2.29 bits per heavy atom. The second-order valence-corrected chi connectivity index (χ2v) is 7.86. The molecule has 8 nitrogen and oxygen atoms in total. The van der Waals surface area contributed by atoms with Crippen molar-refractivity contribution < 1.29 is 19.8 Å². The third-order valence-electron chi connectivity index (χ3n) is 4.91. The second kappa shape index (κ2) is 6.37. The molecule has 2 fully saturated rings. The minimum absolute atomic E-state index is 0.0416. The van der Waals surface area contributed by atoms with Gasteiger partial charge in [0.05, 0.1) is 24.1 Å². The number of fused-ring (bicyclic) bond motifs is 1. The minimum Gasteiger partial charge on any atom is -0.477 e. The lowest BCUT2D eigenvalue weighted by atomic mass is 9.83. The number of β-lactam (4-membered cyclic amide) rings is 1. The quantitative estimate of drug-likeness (QED) is 0.472. The van der Waals surface area contributed by atoms with Crippen molar-refractivity contribution in [2.45, 2.75) is 49.2 Å². The summed E-state index contributed by atoms with van der Waals surface area (Å²) in [5.41, 5.74) is 5.77. The zero-order valence-electron chi connectivity index (χ0n) is 13.2. The molecule has 0 aromatic heterocycles. The molecule has 0 aliphatic carbocycles. The number of hydrogen-bond acceptors (Lipinski definition) is 7. The van der Waals surface area contributed by atoms with Crippen molar-refractivity contribution in [2.24, 2.45) is 11.7 Å². The van der Waals surface area contributed by atoms with Gasteiger partial charge >= 0.3 is 5.97 Å². The molecule has 1 unspecified atom stereocenters. The van der Waals surface area contributed by atoms with Crippen LogP contribution in [-0.2, 0) is 9.59 Å². The van der Waals surface area contributed by atoms with E-state index in [1.807, 2.05) is 6.07 Å². The van der Waals surface area contributed by atoms with E-state index < -0.39 is 24.0 Å². The number of carboxylic acids is 1. The Hall–Kier alpha value is -1.60. The van der Waals surface area contributed by atoms with Gasteiger partial charge in [-0.05, 0) is 13.3 Å². The Balaban J connectivity index is 1.73. The maximum absolute atomic E-state index is 12.2. The summed E-state index contributed by atoms with van der Waals surface area (Å²) in [6, 6.07) is 1.05. The van der Waals surface area contributed by atoms with Crippen molar-refractivity contribution in [3.05, 3.63) is 10.6 Å². The highest BCUT2D eigenvalue weighted by molar-refractivity contribution is 8.03. The summed E-state index contributed by atoms with van der Waals surface area (Å²) in [6.07, 6.45) is 0.345. The lowest BCUT2D eigenvalue weighted by Gasteiger charge is -2.44. The van der Waals surface area contributed by atoms with E-state index >= 15 is 0 Å². The van der Waals surface area contributed by atoms with Gasteiger partial charge in [0.25, 0.3) is 0 Å². The lowest BCUT2D eigenvalue weighted by molar-refractivity contribution is -0.161. The number of nitriles is 1. The van der Waals surface area contributed by atoms with Crippen LogP contribution in [0, 0.1) is 17.2 Å². The molecule has 6 atom stereocenters. The number of rotatable bonds is 5. The molecule has 0 radical (unpaired) electrons. The molecule has 3 rings (SSSR count). The Bertz CT molecular complexity index is 644. The average molecular weight is 352 g/mol. The molecule has 130 valence electrons. The van der Waals surface area contributed by atoms with Crippen LogP contribution in [0.25, 0.3) is 0 Å². The van der Waals surface area contributed by atoms with E-state index in [2.05, 4.69) is 5.32 Å². The number of nitrogens with one attached hydrogen (secondary N) is 1. The highest BCUT2D eigenvalue weighted by Gasteiger charge is 2.57. The number of carboxylic acid groups (broad SMARTS) is 1. The minimum atomic E-state index is -1.12. The first-order valence-corrected chi connectivity index (χ1v) is 8.76. The zero-order valence-corrected chi connectivity index (χ0v) is 14.0. The molecule has 3 aliphatic rings. The highest BCUT2D eigenvalue weighted by Crippen LogP contribution is 2.48. The smallest absolute Gasteiger partial charge is 0.353 e. The van der Waals surface area contributed by atoms with Gasteiger partial charge in [-0.15, -0.1) is 11.8 Å². The van der Waals surface area contributed by atoms with Gasteiger partial charge in [0, 0.05) is 29.2 Å². The van der Waals surface area contributed by atoms with Crippen LogP contribution in [0.15, 0.2) is 10.6 Å². The summed E-state index contributed by atoms with van der Waals surface area (Å²) in [4.78, 5) is 25.7. The van der Waals surface area contributed by atoms with E-state index in [0.29, 0.717) is 24.3 Å². The van der Waals surface area contributed by atoms with Crippen molar-refractivity contribution in [2.75, 3.05) is 6.54 Å². The van der Waals surface area contributed by atoms with Crippen molar-refractivity contribution in [3.8, 4) is 6.07 Å². The number of aliphatic hydroxyl groups excluding tert-OH is 1. The third-order valence-corrected chi connectivity index (χ3v) is 6.24. The van der Waals surface area contributed by atoms with Crippen LogP contribution < -0.4 is 11.1 Å². The van der Waals surface area contributed by atoms with Crippen molar-refractivity contribution >= 4 is 23.6 Å². The Morgan fingerprint density at radius 1 is 1.58 bits per heavy atom. The molecule has 1 amide bonds. The fourth-order valence-electron chi connectivity index (χ4n) is 3.72. The molecular weight excluding hydrogens is 332 g/mol. The SMILES string of the molecule is C[C@@H](O)[C@H]1C(=O)N2C(C(=O)O)=C(S[C@@H]3CN[C@H](C(N)C#N)C3)C[C@H]12. The fourth-order valence-corrected chi connectivity index (χ4v) is 5.17. The first-order chi connectivity index (χ1) is 11.3. The number of carbonyl (C=O) groups is 2. The lowest BCUT2D eigenvalue weighted by Crippen LogP contribution is -2.61. The van der Waals surface area contributed by atoms with Crippen LogP contribution in [0.3, 0.4) is 0 Å². The second-order valence-electron chi connectivity index (χ2n) is 6.47. The summed E-state index contributed by atoms with van der Waals surface area (Å²) < 4.78 is 0. The van der Waals surface area contributed by atoms with Gasteiger partial charge in [0.15, 0.2) is 0 Å². The predicted octanol–water partition coefficient (Wildman–Crippen LogP) is -0.791. The number of amides is 1. The number of thioether (sulfide) groups is 1. The molecule has 0 spiro atoms. The molecule has 0 saturated carbocycles. The number of aliphatic carboxylic acids is 1. The molecule has 0 aromatic rings. The number of carbonyl (C=O) groups excluding carboxylic acids is 1. The average Bonchev–Trinajstić information content (AvgIpc) is 3.09.